The topological polar surface area (TPSA) is 26.3 Å². The maximum absolute atomic E-state index is 11.8. The molecule has 0 saturated carbocycles. The van der Waals surface area contributed by atoms with Gasteiger partial charge in [0.1, 0.15) is 5.75 Å². The summed E-state index contributed by atoms with van der Waals surface area (Å²) in [5.74, 6) is 0.617. The molecule has 2 nitrogen and oxygen atoms in total. The van der Waals surface area contributed by atoms with Crippen LogP contribution in [0, 0.1) is 5.41 Å². The summed E-state index contributed by atoms with van der Waals surface area (Å²) in [5.41, 5.74) is -0.430. The lowest BCUT2D eigenvalue weighted by Gasteiger charge is -2.21. The van der Waals surface area contributed by atoms with Gasteiger partial charge >= 0.3 is 0 Å². The molecule has 0 bridgehead atoms. The van der Waals surface area contributed by atoms with Crippen LogP contribution in [0.2, 0.25) is 5.02 Å². The molecule has 0 fully saturated rings. The lowest BCUT2D eigenvalue weighted by atomic mass is 9.91. The van der Waals surface area contributed by atoms with E-state index >= 15 is 0 Å². The molecule has 1 aromatic rings. The predicted molar refractivity (Wildman–Crippen MR) is 69.3 cm³/mol. The molecule has 1 atom stereocenters. The number of ketones is 1. The summed E-state index contributed by atoms with van der Waals surface area (Å²) in [6, 6.07) is 6.90. The first-order valence-electron chi connectivity index (χ1n) is 4.91. The van der Waals surface area contributed by atoms with Gasteiger partial charge in [0, 0.05) is 10.4 Å². The van der Waals surface area contributed by atoms with E-state index in [0.717, 1.165) is 0 Å². The summed E-state index contributed by atoms with van der Waals surface area (Å²) in [4.78, 5) is 11.8. The molecular formula is C12H14BrClO2. The Hall–Kier alpha value is -0.540. The van der Waals surface area contributed by atoms with Crippen LogP contribution in [0.5, 0.6) is 5.75 Å². The van der Waals surface area contributed by atoms with Crippen LogP contribution in [0.4, 0.5) is 0 Å². The van der Waals surface area contributed by atoms with E-state index < -0.39 is 10.4 Å². The average molecular weight is 306 g/mol. The molecule has 1 unspecified atom stereocenters. The van der Waals surface area contributed by atoms with Crippen LogP contribution in [-0.4, -0.2) is 10.8 Å². The van der Waals surface area contributed by atoms with Crippen molar-refractivity contribution >= 4 is 33.3 Å². The highest BCUT2D eigenvalue weighted by Gasteiger charge is 2.29. The van der Waals surface area contributed by atoms with Gasteiger partial charge in [-0.25, -0.2) is 0 Å². The Morgan fingerprint density at radius 3 is 2.25 bits per heavy atom. The van der Waals surface area contributed by atoms with Gasteiger partial charge in [-0.2, -0.15) is 0 Å². The minimum atomic E-state index is -0.631. The van der Waals surface area contributed by atoms with Crippen molar-refractivity contribution in [2.45, 2.75) is 25.8 Å². The monoisotopic (exact) mass is 304 g/mol. The minimum Gasteiger partial charge on any atom is -0.471 e. The summed E-state index contributed by atoms with van der Waals surface area (Å²) in [6.07, 6.45) is 0. The maximum atomic E-state index is 11.8. The number of hydrogen-bond donors (Lipinski definition) is 0. The third kappa shape index (κ3) is 3.80. The zero-order valence-corrected chi connectivity index (χ0v) is 11.8. The Morgan fingerprint density at radius 1 is 1.31 bits per heavy atom. The largest absolute Gasteiger partial charge is 0.471 e. The molecule has 0 spiro atoms. The third-order valence-corrected chi connectivity index (χ3v) is 2.85. The molecule has 0 aromatic heterocycles. The Kier molecular flexibility index (Phi) is 4.39. The van der Waals surface area contributed by atoms with E-state index in [1.807, 2.05) is 20.8 Å². The molecule has 1 rings (SSSR count). The summed E-state index contributed by atoms with van der Waals surface area (Å²) < 4.78 is 5.47. The lowest BCUT2D eigenvalue weighted by molar-refractivity contribution is -0.129. The van der Waals surface area contributed by atoms with E-state index in [0.29, 0.717) is 10.8 Å². The number of Topliss-reactive ketones (excluding diaryl/α,β-unsaturated/α-hetero) is 1. The van der Waals surface area contributed by atoms with Gasteiger partial charge in [0.2, 0.25) is 5.01 Å². The smallest absolute Gasteiger partial charge is 0.211 e. The number of carbonyl (C=O) groups is 1. The van der Waals surface area contributed by atoms with Crippen molar-refractivity contribution in [1.29, 1.82) is 0 Å². The highest BCUT2D eigenvalue weighted by Crippen LogP contribution is 2.24. The van der Waals surface area contributed by atoms with E-state index in [4.69, 9.17) is 16.3 Å². The number of carbonyl (C=O) groups excluding carboxylic acids is 1. The molecule has 0 aliphatic heterocycles. The van der Waals surface area contributed by atoms with Gasteiger partial charge in [0.15, 0.2) is 5.78 Å². The first kappa shape index (κ1) is 13.5. The van der Waals surface area contributed by atoms with Crippen LogP contribution < -0.4 is 4.74 Å². The fourth-order valence-corrected chi connectivity index (χ4v) is 2.06. The molecule has 0 saturated heterocycles. The number of alkyl halides is 1. The third-order valence-electron chi connectivity index (χ3n) is 2.00. The van der Waals surface area contributed by atoms with E-state index in [9.17, 15) is 4.79 Å². The van der Waals surface area contributed by atoms with E-state index in [-0.39, 0.29) is 5.78 Å². The van der Waals surface area contributed by atoms with Gasteiger partial charge in [0.05, 0.1) is 0 Å². The van der Waals surface area contributed by atoms with Crippen LogP contribution in [0.1, 0.15) is 20.8 Å². The molecule has 1 aromatic carbocycles. The van der Waals surface area contributed by atoms with Gasteiger partial charge in [-0.1, -0.05) is 32.4 Å². The number of benzene rings is 1. The van der Waals surface area contributed by atoms with Crippen molar-refractivity contribution in [2.24, 2.45) is 5.41 Å². The zero-order chi connectivity index (χ0) is 12.3. The number of rotatable bonds is 3. The Morgan fingerprint density at radius 2 is 1.81 bits per heavy atom. The van der Waals surface area contributed by atoms with Crippen molar-refractivity contribution in [3.63, 3.8) is 0 Å². The minimum absolute atomic E-state index is 0.00227. The van der Waals surface area contributed by atoms with Gasteiger partial charge < -0.3 is 4.74 Å². The van der Waals surface area contributed by atoms with Gasteiger partial charge in [0.25, 0.3) is 0 Å². The second-order valence-electron chi connectivity index (χ2n) is 4.50. The Bertz CT molecular complexity index is 368. The number of ether oxygens (including phenoxy) is 1. The van der Waals surface area contributed by atoms with Crippen molar-refractivity contribution in [2.75, 3.05) is 0 Å². The highest BCUT2D eigenvalue weighted by atomic mass is 79.9. The quantitative estimate of drug-likeness (QED) is 0.787. The van der Waals surface area contributed by atoms with Gasteiger partial charge in [-0.05, 0) is 40.2 Å². The maximum Gasteiger partial charge on any atom is 0.211 e. The van der Waals surface area contributed by atoms with Crippen LogP contribution >= 0.6 is 27.5 Å². The van der Waals surface area contributed by atoms with Crippen LogP contribution in [0.25, 0.3) is 0 Å². The second kappa shape index (κ2) is 5.19. The van der Waals surface area contributed by atoms with Crippen LogP contribution in [0.3, 0.4) is 0 Å². The Balaban J connectivity index is 2.68. The molecule has 0 radical (unpaired) electrons. The molecule has 16 heavy (non-hydrogen) atoms. The average Bonchev–Trinajstić information content (AvgIpc) is 2.19. The SMILES string of the molecule is CC(C)(C)C(=O)C(Br)Oc1ccc(Cl)cc1. The second-order valence-corrected chi connectivity index (χ2v) is 5.77. The molecule has 0 heterocycles. The predicted octanol–water partition coefficient (Wildman–Crippen LogP) is 4.06. The molecule has 4 heteroatoms. The molecule has 0 amide bonds. The standard InChI is InChI=1S/C12H14BrClO2/c1-12(2,3)10(15)11(13)16-9-6-4-8(14)5-7-9/h4-7,11H,1-3H3. The van der Waals surface area contributed by atoms with E-state index in [2.05, 4.69) is 15.9 Å². The summed E-state index contributed by atoms with van der Waals surface area (Å²) in [6.45, 7) is 5.57. The van der Waals surface area contributed by atoms with Gasteiger partial charge in [-0.15, -0.1) is 0 Å². The zero-order valence-electron chi connectivity index (χ0n) is 9.46. The molecule has 0 aliphatic carbocycles. The lowest BCUT2D eigenvalue weighted by Crippen LogP contribution is -2.32. The van der Waals surface area contributed by atoms with Crippen LogP contribution in [0.15, 0.2) is 24.3 Å². The molecule has 0 N–H and O–H groups in total. The summed E-state index contributed by atoms with van der Waals surface area (Å²) >= 11 is 8.98. The number of halogens is 2. The number of hydrogen-bond acceptors (Lipinski definition) is 2. The van der Waals surface area contributed by atoms with Crippen molar-refractivity contribution in [3.8, 4) is 5.75 Å². The molecule has 88 valence electrons. The first-order valence-corrected chi connectivity index (χ1v) is 6.20. The van der Waals surface area contributed by atoms with E-state index in [1.165, 1.54) is 0 Å². The highest BCUT2D eigenvalue weighted by molar-refractivity contribution is 9.09. The van der Waals surface area contributed by atoms with E-state index in [1.54, 1.807) is 24.3 Å². The fraction of sp³-hybridized carbons (Fsp3) is 0.417. The van der Waals surface area contributed by atoms with Crippen molar-refractivity contribution < 1.29 is 9.53 Å². The fourth-order valence-electron chi connectivity index (χ4n) is 1.03. The normalized spacial score (nSPS) is 13.3. The molecule has 0 aliphatic rings. The van der Waals surface area contributed by atoms with Gasteiger partial charge in [-0.3, -0.25) is 4.79 Å². The van der Waals surface area contributed by atoms with Crippen molar-refractivity contribution in [3.05, 3.63) is 29.3 Å². The summed E-state index contributed by atoms with van der Waals surface area (Å²) in [5, 5.41) is 0.00861. The molecular weight excluding hydrogens is 291 g/mol. The van der Waals surface area contributed by atoms with Crippen LogP contribution in [-0.2, 0) is 4.79 Å². The summed E-state index contributed by atoms with van der Waals surface area (Å²) in [7, 11) is 0. The Labute approximate surface area is 109 Å². The van der Waals surface area contributed by atoms with Crippen molar-refractivity contribution in [1.82, 2.24) is 0 Å². The first-order chi connectivity index (χ1) is 7.30.